The summed E-state index contributed by atoms with van der Waals surface area (Å²) in [5.74, 6) is 1.79. The zero-order chi connectivity index (χ0) is 26.4. The van der Waals surface area contributed by atoms with Crippen molar-refractivity contribution in [3.8, 4) is 11.5 Å². The van der Waals surface area contributed by atoms with Crippen LogP contribution < -0.4 is 20.1 Å². The molecule has 0 amide bonds. The van der Waals surface area contributed by atoms with E-state index in [-0.39, 0.29) is 21.7 Å². The Hall–Kier alpha value is -1.86. The molecular weight excluding hydrogens is 439 g/mol. The van der Waals surface area contributed by atoms with Crippen LogP contribution in [0, 0.1) is 0 Å². The summed E-state index contributed by atoms with van der Waals surface area (Å²) >= 11 is 0. The van der Waals surface area contributed by atoms with Crippen molar-refractivity contribution in [3.63, 3.8) is 0 Å². The molecule has 0 spiro atoms. The normalized spacial score (nSPS) is 13.1. The maximum absolute atomic E-state index is 14.2. The number of rotatable bonds is 4. The van der Waals surface area contributed by atoms with Crippen LogP contribution >= 0.6 is 7.80 Å². The summed E-state index contributed by atoms with van der Waals surface area (Å²) in [6, 6.07) is 8.35. The van der Waals surface area contributed by atoms with Crippen LogP contribution in [0.2, 0.25) is 0 Å². The van der Waals surface area contributed by atoms with E-state index in [4.69, 9.17) is 9.47 Å². The lowest BCUT2D eigenvalue weighted by molar-refractivity contribution is 0.381. The first-order valence-electron chi connectivity index (χ1n) is 12.2. The topological polar surface area (TPSA) is 35.5 Å². The number of methoxy groups -OCH3 is 2. The van der Waals surface area contributed by atoms with Gasteiger partial charge >= 0.3 is 7.80 Å². The molecule has 0 unspecified atom stereocenters. The second-order valence-corrected chi connectivity index (χ2v) is 15.1. The Labute approximate surface area is 209 Å². The van der Waals surface area contributed by atoms with E-state index in [0.717, 1.165) is 44.4 Å². The molecule has 0 heterocycles. The summed E-state index contributed by atoms with van der Waals surface area (Å²) in [4.78, 5) is 0. The van der Waals surface area contributed by atoms with Gasteiger partial charge in [0.15, 0.2) is 10.6 Å². The lowest BCUT2D eigenvalue weighted by atomic mass is 9.79. The van der Waals surface area contributed by atoms with Gasteiger partial charge in [-0.3, -0.25) is 0 Å². The Morgan fingerprint density at radius 3 is 0.853 bits per heavy atom. The molecule has 0 aromatic heterocycles. The molecule has 0 aliphatic heterocycles. The molecule has 0 bridgehead atoms. The fourth-order valence-corrected chi connectivity index (χ4v) is 5.56. The second-order valence-electron chi connectivity index (χ2n) is 13.4. The number of hydrogen-bond acceptors (Lipinski definition) is 3. The summed E-state index contributed by atoms with van der Waals surface area (Å²) < 4.78 is 26.1. The van der Waals surface area contributed by atoms with E-state index in [9.17, 15) is 4.57 Å². The van der Waals surface area contributed by atoms with Gasteiger partial charge in [-0.15, -0.1) is 0 Å². The van der Waals surface area contributed by atoms with Gasteiger partial charge in [0.2, 0.25) is 0 Å². The molecule has 2 aromatic carbocycles. The third-order valence-corrected chi connectivity index (χ3v) is 7.71. The van der Waals surface area contributed by atoms with E-state index in [1.807, 2.05) is 0 Å². The Morgan fingerprint density at radius 2 is 0.706 bits per heavy atom. The first kappa shape index (κ1) is 28.4. The number of ether oxygens (including phenoxy) is 2. The molecule has 3 nitrogen and oxygen atoms in total. The molecule has 0 radical (unpaired) electrons. The lowest BCUT2D eigenvalue weighted by Gasteiger charge is -2.29. The highest BCUT2D eigenvalue weighted by Crippen LogP contribution is 2.43. The number of hydrogen-bond donors (Lipinski definition) is 0. The van der Waals surface area contributed by atoms with Crippen LogP contribution in [0.25, 0.3) is 0 Å². The molecule has 0 saturated carbocycles. The van der Waals surface area contributed by atoms with E-state index in [2.05, 4.69) is 107 Å². The van der Waals surface area contributed by atoms with Crippen LogP contribution in [0.15, 0.2) is 24.3 Å². The summed E-state index contributed by atoms with van der Waals surface area (Å²) in [6.45, 7) is 26.1. The Bertz CT molecular complexity index is 913. The van der Waals surface area contributed by atoms with Crippen molar-refractivity contribution in [1.82, 2.24) is 0 Å². The molecule has 0 aliphatic carbocycles. The molecule has 0 fully saturated rings. The largest absolute Gasteiger partial charge is 0.496 e. The first-order chi connectivity index (χ1) is 15.2. The zero-order valence-electron chi connectivity index (χ0n) is 24.0. The van der Waals surface area contributed by atoms with E-state index in [1.54, 1.807) is 14.2 Å². The second kappa shape index (κ2) is 9.30. The van der Waals surface area contributed by atoms with Gasteiger partial charge in [-0.25, -0.2) is 0 Å². The van der Waals surface area contributed by atoms with Gasteiger partial charge in [0, 0.05) is 22.3 Å². The molecule has 34 heavy (non-hydrogen) atoms. The molecule has 2 aromatic rings. The first-order valence-corrected chi connectivity index (χ1v) is 13.4. The standard InChI is InChI=1S/C30H46O3P/c1-27(2,3)21-15-19(16-22(25(21)32-13)28(4,5)6)34(31)20-17-23(29(7,8)9)26(33-14)24(18-20)30(10,11)12/h15-18H,1-14H3/q+1. The molecular formula is C30H46O3P+. The minimum atomic E-state index is -1.82. The van der Waals surface area contributed by atoms with Gasteiger partial charge in [0.1, 0.15) is 11.5 Å². The van der Waals surface area contributed by atoms with Gasteiger partial charge in [-0.1, -0.05) is 87.6 Å². The SMILES string of the molecule is COc1c(C(C)(C)C)cc([P+](=O)c2cc(C(C)(C)C)c(OC)c(C(C)(C)C)c2)cc1C(C)(C)C. The highest BCUT2D eigenvalue weighted by atomic mass is 31.1. The van der Waals surface area contributed by atoms with Crippen LogP contribution in [0.3, 0.4) is 0 Å². The molecule has 2 rings (SSSR count). The Morgan fingerprint density at radius 1 is 0.500 bits per heavy atom. The molecule has 0 saturated heterocycles. The van der Waals surface area contributed by atoms with Crippen molar-refractivity contribution in [2.24, 2.45) is 0 Å². The van der Waals surface area contributed by atoms with Crippen LogP contribution in [-0.4, -0.2) is 14.2 Å². The molecule has 0 atom stereocenters. The van der Waals surface area contributed by atoms with Crippen LogP contribution in [0.4, 0.5) is 0 Å². The molecule has 0 aliphatic rings. The van der Waals surface area contributed by atoms with Gasteiger partial charge < -0.3 is 9.47 Å². The minimum absolute atomic E-state index is 0.148. The Kier molecular flexibility index (Phi) is 7.77. The maximum Gasteiger partial charge on any atom is 0.415 e. The molecule has 4 heteroatoms. The Balaban J connectivity index is 2.91. The van der Waals surface area contributed by atoms with E-state index in [1.165, 1.54) is 0 Å². The van der Waals surface area contributed by atoms with Crippen molar-refractivity contribution in [3.05, 3.63) is 46.5 Å². The average molecular weight is 486 g/mol. The third kappa shape index (κ3) is 5.85. The van der Waals surface area contributed by atoms with E-state index < -0.39 is 7.80 Å². The fraction of sp³-hybridized carbons (Fsp3) is 0.600. The van der Waals surface area contributed by atoms with Crippen LogP contribution in [0.5, 0.6) is 11.5 Å². The monoisotopic (exact) mass is 485 g/mol. The minimum Gasteiger partial charge on any atom is -0.496 e. The van der Waals surface area contributed by atoms with Crippen molar-refractivity contribution in [2.45, 2.75) is 105 Å². The van der Waals surface area contributed by atoms with Gasteiger partial charge in [-0.2, -0.15) is 0 Å². The third-order valence-electron chi connectivity index (χ3n) is 6.26. The van der Waals surface area contributed by atoms with Crippen molar-refractivity contribution in [2.75, 3.05) is 14.2 Å². The highest BCUT2D eigenvalue weighted by Gasteiger charge is 2.36. The van der Waals surface area contributed by atoms with Gasteiger partial charge in [-0.05, 0) is 45.9 Å². The smallest absolute Gasteiger partial charge is 0.415 e. The van der Waals surface area contributed by atoms with Crippen molar-refractivity contribution < 1.29 is 14.0 Å². The highest BCUT2D eigenvalue weighted by molar-refractivity contribution is 7.61. The predicted octanol–water partition coefficient (Wildman–Crippen LogP) is 7.67. The van der Waals surface area contributed by atoms with Crippen molar-refractivity contribution >= 4 is 18.4 Å². The summed E-state index contributed by atoms with van der Waals surface area (Å²) in [5.41, 5.74) is 3.75. The van der Waals surface area contributed by atoms with Gasteiger partial charge in [0.25, 0.3) is 0 Å². The zero-order valence-corrected chi connectivity index (χ0v) is 24.9. The molecule has 188 valence electrons. The average Bonchev–Trinajstić information content (AvgIpc) is 2.68. The number of benzene rings is 2. The summed E-state index contributed by atoms with van der Waals surface area (Å²) in [5, 5.41) is 1.69. The molecule has 0 N–H and O–H groups in total. The predicted molar refractivity (Wildman–Crippen MR) is 148 cm³/mol. The fourth-order valence-electron chi connectivity index (χ4n) is 4.28. The van der Waals surface area contributed by atoms with Crippen LogP contribution in [0.1, 0.15) is 105 Å². The summed E-state index contributed by atoms with van der Waals surface area (Å²) in [6.07, 6.45) is 0. The van der Waals surface area contributed by atoms with Crippen molar-refractivity contribution in [1.29, 1.82) is 0 Å². The maximum atomic E-state index is 14.2. The summed E-state index contributed by atoms with van der Waals surface area (Å²) in [7, 11) is 1.64. The van der Waals surface area contributed by atoms with Crippen LogP contribution in [-0.2, 0) is 26.2 Å². The lowest BCUT2D eigenvalue weighted by Crippen LogP contribution is -2.25. The van der Waals surface area contributed by atoms with E-state index >= 15 is 0 Å². The quantitative estimate of drug-likeness (QED) is 0.417. The van der Waals surface area contributed by atoms with E-state index in [0.29, 0.717) is 0 Å². The van der Waals surface area contributed by atoms with Gasteiger partial charge in [0.05, 0.1) is 14.2 Å².